The average molecular weight is 273 g/mol. The Balaban J connectivity index is 1.72. The van der Waals surface area contributed by atoms with E-state index in [0.717, 1.165) is 24.8 Å². The quantitative estimate of drug-likeness (QED) is 0.781. The van der Waals surface area contributed by atoms with E-state index in [4.69, 9.17) is 10.5 Å². The Morgan fingerprint density at radius 1 is 0.950 bits per heavy atom. The summed E-state index contributed by atoms with van der Waals surface area (Å²) in [6.07, 6.45) is 3.05. The van der Waals surface area contributed by atoms with E-state index >= 15 is 0 Å². The van der Waals surface area contributed by atoms with Gasteiger partial charge in [-0.05, 0) is 42.5 Å². The Morgan fingerprint density at radius 3 is 2.50 bits per heavy atom. The minimum Gasteiger partial charge on any atom is -0.493 e. The zero-order chi connectivity index (χ0) is 14.2. The molecule has 0 saturated carbocycles. The maximum atomic E-state index is 13.3. The number of ether oxygens (including phenoxy) is 1. The Kier molecular flexibility index (Phi) is 5.56. The number of halogens is 1. The molecule has 0 radical (unpaired) electrons. The molecule has 0 spiro atoms. The maximum absolute atomic E-state index is 13.3. The van der Waals surface area contributed by atoms with Crippen LogP contribution in [-0.2, 0) is 13.0 Å². The van der Waals surface area contributed by atoms with Gasteiger partial charge in [-0.25, -0.2) is 4.39 Å². The first-order valence-corrected chi connectivity index (χ1v) is 6.94. The predicted molar refractivity (Wildman–Crippen MR) is 79.2 cm³/mol. The highest BCUT2D eigenvalue weighted by Gasteiger charge is 2.01. The second-order valence-electron chi connectivity index (χ2n) is 4.79. The molecule has 0 aliphatic heterocycles. The van der Waals surface area contributed by atoms with Crippen LogP contribution in [0.5, 0.6) is 5.75 Å². The third-order valence-corrected chi connectivity index (χ3v) is 3.14. The molecule has 0 aliphatic rings. The molecule has 0 fully saturated rings. The molecule has 106 valence electrons. The Labute approximate surface area is 119 Å². The van der Waals surface area contributed by atoms with Crippen LogP contribution >= 0.6 is 0 Å². The lowest BCUT2D eigenvalue weighted by molar-refractivity contribution is 0.305. The van der Waals surface area contributed by atoms with Crippen molar-refractivity contribution in [1.82, 2.24) is 0 Å². The van der Waals surface area contributed by atoms with Gasteiger partial charge in [0.15, 0.2) is 0 Å². The van der Waals surface area contributed by atoms with Gasteiger partial charge in [-0.2, -0.15) is 0 Å². The van der Waals surface area contributed by atoms with Gasteiger partial charge in [-0.3, -0.25) is 0 Å². The van der Waals surface area contributed by atoms with E-state index in [0.29, 0.717) is 18.9 Å². The summed E-state index contributed by atoms with van der Waals surface area (Å²) in [5, 5.41) is 0. The third kappa shape index (κ3) is 4.67. The van der Waals surface area contributed by atoms with E-state index in [2.05, 4.69) is 12.1 Å². The number of benzene rings is 2. The first-order chi connectivity index (χ1) is 9.78. The number of rotatable bonds is 7. The van der Waals surface area contributed by atoms with Crippen molar-refractivity contribution in [2.45, 2.75) is 25.8 Å². The predicted octanol–water partition coefficient (Wildman–Crippen LogP) is 3.69. The standard InChI is InChI=1S/C17H20FNO/c18-16-10-15(13-19)11-17(12-16)20-9-5-4-8-14-6-2-1-3-7-14/h1-3,6-7,10-12H,4-5,8-9,13,19H2. The van der Waals surface area contributed by atoms with Crippen LogP contribution in [0.4, 0.5) is 4.39 Å². The smallest absolute Gasteiger partial charge is 0.127 e. The third-order valence-electron chi connectivity index (χ3n) is 3.14. The monoisotopic (exact) mass is 273 g/mol. The summed E-state index contributed by atoms with van der Waals surface area (Å²) in [5.74, 6) is 0.261. The molecule has 0 saturated heterocycles. The number of nitrogens with two attached hydrogens (primary N) is 1. The zero-order valence-electron chi connectivity index (χ0n) is 11.5. The summed E-state index contributed by atoms with van der Waals surface area (Å²) in [6, 6.07) is 15.0. The minimum absolute atomic E-state index is 0.299. The maximum Gasteiger partial charge on any atom is 0.127 e. The molecule has 0 amide bonds. The minimum atomic E-state index is -0.299. The van der Waals surface area contributed by atoms with Gasteiger partial charge < -0.3 is 10.5 Å². The van der Waals surface area contributed by atoms with Crippen molar-refractivity contribution in [3.05, 3.63) is 65.5 Å². The molecule has 0 aromatic heterocycles. The number of unbranched alkanes of at least 4 members (excludes halogenated alkanes) is 1. The Bertz CT molecular complexity index is 528. The molecule has 0 bridgehead atoms. The summed E-state index contributed by atoms with van der Waals surface area (Å²) in [6.45, 7) is 0.919. The van der Waals surface area contributed by atoms with Gasteiger partial charge in [0.25, 0.3) is 0 Å². The fraction of sp³-hybridized carbons (Fsp3) is 0.294. The lowest BCUT2D eigenvalue weighted by atomic mass is 10.1. The van der Waals surface area contributed by atoms with Crippen molar-refractivity contribution in [2.24, 2.45) is 5.73 Å². The van der Waals surface area contributed by atoms with Crippen LogP contribution in [0.2, 0.25) is 0 Å². The average Bonchev–Trinajstić information content (AvgIpc) is 2.47. The first-order valence-electron chi connectivity index (χ1n) is 6.94. The van der Waals surface area contributed by atoms with Crippen LogP contribution in [-0.4, -0.2) is 6.61 Å². The highest BCUT2D eigenvalue weighted by atomic mass is 19.1. The van der Waals surface area contributed by atoms with E-state index in [1.165, 1.54) is 17.7 Å². The molecule has 2 aromatic carbocycles. The summed E-state index contributed by atoms with van der Waals surface area (Å²) < 4.78 is 18.8. The van der Waals surface area contributed by atoms with Gasteiger partial charge in [-0.15, -0.1) is 0 Å². The van der Waals surface area contributed by atoms with Crippen molar-refractivity contribution >= 4 is 0 Å². The molecule has 0 heterocycles. The molecule has 0 atom stereocenters. The molecule has 2 rings (SSSR count). The van der Waals surface area contributed by atoms with Crippen molar-refractivity contribution in [2.75, 3.05) is 6.61 Å². The van der Waals surface area contributed by atoms with Gasteiger partial charge in [0, 0.05) is 12.6 Å². The molecular weight excluding hydrogens is 253 g/mol. The normalized spacial score (nSPS) is 10.5. The fourth-order valence-corrected chi connectivity index (χ4v) is 2.09. The van der Waals surface area contributed by atoms with Crippen molar-refractivity contribution < 1.29 is 9.13 Å². The fourth-order valence-electron chi connectivity index (χ4n) is 2.09. The van der Waals surface area contributed by atoms with Crippen LogP contribution in [0.1, 0.15) is 24.0 Å². The second kappa shape index (κ2) is 7.65. The number of hydrogen-bond donors (Lipinski definition) is 1. The number of hydrogen-bond acceptors (Lipinski definition) is 2. The molecule has 20 heavy (non-hydrogen) atoms. The lowest BCUT2D eigenvalue weighted by Gasteiger charge is -2.08. The van der Waals surface area contributed by atoms with Gasteiger partial charge >= 0.3 is 0 Å². The molecular formula is C17H20FNO. The topological polar surface area (TPSA) is 35.2 Å². The summed E-state index contributed by atoms with van der Waals surface area (Å²) >= 11 is 0. The van der Waals surface area contributed by atoms with E-state index in [-0.39, 0.29) is 5.82 Å². The summed E-state index contributed by atoms with van der Waals surface area (Å²) in [7, 11) is 0. The molecule has 2 nitrogen and oxygen atoms in total. The highest BCUT2D eigenvalue weighted by Crippen LogP contribution is 2.16. The van der Waals surface area contributed by atoms with Crippen LogP contribution in [0.25, 0.3) is 0 Å². The van der Waals surface area contributed by atoms with Gasteiger partial charge in [0.05, 0.1) is 6.61 Å². The lowest BCUT2D eigenvalue weighted by Crippen LogP contribution is -2.01. The van der Waals surface area contributed by atoms with E-state index < -0.39 is 0 Å². The van der Waals surface area contributed by atoms with E-state index in [1.807, 2.05) is 18.2 Å². The van der Waals surface area contributed by atoms with E-state index in [9.17, 15) is 4.39 Å². The highest BCUT2D eigenvalue weighted by molar-refractivity contribution is 5.29. The largest absolute Gasteiger partial charge is 0.493 e. The Morgan fingerprint density at radius 2 is 1.75 bits per heavy atom. The van der Waals surface area contributed by atoms with Crippen molar-refractivity contribution in [3.63, 3.8) is 0 Å². The SMILES string of the molecule is NCc1cc(F)cc(OCCCCc2ccccc2)c1. The second-order valence-corrected chi connectivity index (χ2v) is 4.79. The summed E-state index contributed by atoms with van der Waals surface area (Å²) in [5.41, 5.74) is 7.60. The molecule has 0 unspecified atom stereocenters. The van der Waals surface area contributed by atoms with Crippen LogP contribution in [0.15, 0.2) is 48.5 Å². The van der Waals surface area contributed by atoms with Crippen LogP contribution in [0, 0.1) is 5.82 Å². The summed E-state index contributed by atoms with van der Waals surface area (Å²) in [4.78, 5) is 0. The van der Waals surface area contributed by atoms with Crippen LogP contribution < -0.4 is 10.5 Å². The molecule has 2 aromatic rings. The van der Waals surface area contributed by atoms with E-state index in [1.54, 1.807) is 6.07 Å². The van der Waals surface area contributed by atoms with Gasteiger partial charge in [-0.1, -0.05) is 30.3 Å². The van der Waals surface area contributed by atoms with Gasteiger partial charge in [0.2, 0.25) is 0 Å². The number of aryl methyl sites for hydroxylation is 1. The van der Waals surface area contributed by atoms with Crippen LogP contribution in [0.3, 0.4) is 0 Å². The van der Waals surface area contributed by atoms with Gasteiger partial charge in [0.1, 0.15) is 11.6 Å². The Hall–Kier alpha value is -1.87. The van der Waals surface area contributed by atoms with Crippen molar-refractivity contribution in [3.8, 4) is 5.75 Å². The molecule has 2 N–H and O–H groups in total. The molecule has 0 aliphatic carbocycles. The van der Waals surface area contributed by atoms with Crippen molar-refractivity contribution in [1.29, 1.82) is 0 Å². The molecule has 3 heteroatoms. The zero-order valence-corrected chi connectivity index (χ0v) is 11.5. The first kappa shape index (κ1) is 14.5.